The smallest absolute Gasteiger partial charge is 0.328 e. The Morgan fingerprint density at radius 1 is 0.700 bits per heavy atom. The molecule has 9 heteroatoms. The van der Waals surface area contributed by atoms with Crippen molar-refractivity contribution in [1.29, 1.82) is 0 Å². The average molecular weight is 549 g/mol. The van der Waals surface area contributed by atoms with Crippen LogP contribution < -0.4 is 11.1 Å². The molecule has 9 nitrogen and oxygen atoms in total. The Kier molecular flexibility index (Phi) is 12.8. The molecule has 0 aliphatic heterocycles. The molecule has 0 saturated heterocycles. The SMILES string of the molecule is NC(CCC(=O)OCc1ccccc1)C(=O)NC(CCC(O)OCc1ccccc1)C(=O)OCc1ccccc1. The molecule has 3 rings (SSSR count). The van der Waals surface area contributed by atoms with E-state index in [2.05, 4.69) is 5.32 Å². The molecule has 212 valence electrons. The minimum atomic E-state index is -1.16. The van der Waals surface area contributed by atoms with Crippen LogP contribution in [0.1, 0.15) is 42.4 Å². The van der Waals surface area contributed by atoms with E-state index in [1.54, 1.807) is 0 Å². The van der Waals surface area contributed by atoms with E-state index in [0.717, 1.165) is 16.7 Å². The first-order chi connectivity index (χ1) is 19.4. The highest BCUT2D eigenvalue weighted by Gasteiger charge is 2.26. The van der Waals surface area contributed by atoms with Gasteiger partial charge in [-0.3, -0.25) is 9.59 Å². The highest BCUT2D eigenvalue weighted by molar-refractivity contribution is 5.87. The Balaban J connectivity index is 1.49. The standard InChI is InChI=1S/C31H36N2O7/c32-26(16-18-28(34)38-20-23-10-4-1-5-11-23)30(36)33-27(31(37)40-22-25-14-8-3-9-15-25)17-19-29(35)39-21-24-12-6-2-7-13-24/h1-15,26-27,29,35H,16-22,32H2,(H,33,36). The molecule has 0 aromatic heterocycles. The largest absolute Gasteiger partial charge is 0.461 e. The van der Waals surface area contributed by atoms with Gasteiger partial charge in [-0.25, -0.2) is 4.79 Å². The molecule has 0 fully saturated rings. The maximum Gasteiger partial charge on any atom is 0.328 e. The first-order valence-electron chi connectivity index (χ1n) is 13.2. The van der Waals surface area contributed by atoms with E-state index >= 15 is 0 Å². The fourth-order valence-corrected chi connectivity index (χ4v) is 3.73. The van der Waals surface area contributed by atoms with Crippen LogP contribution in [0.2, 0.25) is 0 Å². The Morgan fingerprint density at radius 2 is 1.20 bits per heavy atom. The van der Waals surface area contributed by atoms with Crippen LogP contribution in [0.25, 0.3) is 0 Å². The monoisotopic (exact) mass is 548 g/mol. The van der Waals surface area contributed by atoms with E-state index in [4.69, 9.17) is 19.9 Å². The van der Waals surface area contributed by atoms with Crippen LogP contribution in [0.15, 0.2) is 91.0 Å². The van der Waals surface area contributed by atoms with E-state index in [1.807, 2.05) is 91.0 Å². The van der Waals surface area contributed by atoms with Gasteiger partial charge in [-0.15, -0.1) is 0 Å². The van der Waals surface area contributed by atoms with Crippen molar-refractivity contribution >= 4 is 17.8 Å². The average Bonchev–Trinajstić information content (AvgIpc) is 3.00. The molecule has 4 N–H and O–H groups in total. The van der Waals surface area contributed by atoms with E-state index in [0.29, 0.717) is 0 Å². The third-order valence-electron chi connectivity index (χ3n) is 6.05. The van der Waals surface area contributed by atoms with Crippen LogP contribution >= 0.6 is 0 Å². The lowest BCUT2D eigenvalue weighted by atomic mass is 10.1. The Hall–Kier alpha value is -4.05. The topological polar surface area (TPSA) is 137 Å². The number of carbonyl (C=O) groups excluding carboxylic acids is 3. The fourth-order valence-electron chi connectivity index (χ4n) is 3.73. The van der Waals surface area contributed by atoms with Crippen molar-refractivity contribution in [2.45, 2.75) is 63.9 Å². The highest BCUT2D eigenvalue weighted by Crippen LogP contribution is 2.11. The third kappa shape index (κ3) is 11.4. The van der Waals surface area contributed by atoms with Gasteiger partial charge in [0.05, 0.1) is 12.6 Å². The predicted octanol–water partition coefficient (Wildman–Crippen LogP) is 3.38. The molecule has 3 atom stereocenters. The molecule has 1 amide bonds. The molecular formula is C31H36N2O7. The maximum atomic E-state index is 12.9. The van der Waals surface area contributed by atoms with E-state index < -0.39 is 36.2 Å². The molecule has 0 spiro atoms. The van der Waals surface area contributed by atoms with Gasteiger partial charge in [0.25, 0.3) is 0 Å². The lowest BCUT2D eigenvalue weighted by molar-refractivity contribution is -0.151. The first-order valence-corrected chi connectivity index (χ1v) is 13.2. The number of aliphatic hydroxyl groups excluding tert-OH is 1. The lowest BCUT2D eigenvalue weighted by Gasteiger charge is -2.21. The quantitative estimate of drug-likeness (QED) is 0.183. The summed E-state index contributed by atoms with van der Waals surface area (Å²) < 4.78 is 16.1. The molecular weight excluding hydrogens is 512 g/mol. The molecule has 3 aromatic rings. The van der Waals surface area contributed by atoms with Crippen LogP contribution in [-0.4, -0.2) is 41.3 Å². The highest BCUT2D eigenvalue weighted by atomic mass is 16.6. The number of benzene rings is 3. The summed E-state index contributed by atoms with van der Waals surface area (Å²) in [6, 6.07) is 25.6. The number of aliphatic hydroxyl groups is 1. The summed E-state index contributed by atoms with van der Waals surface area (Å²) in [5, 5.41) is 12.9. The Morgan fingerprint density at radius 3 is 1.75 bits per heavy atom. The Bertz CT molecular complexity index is 1180. The number of hydrogen-bond donors (Lipinski definition) is 3. The van der Waals surface area contributed by atoms with Gasteiger partial charge in [-0.2, -0.15) is 0 Å². The summed E-state index contributed by atoms with van der Waals surface area (Å²) in [5.41, 5.74) is 8.54. The summed E-state index contributed by atoms with van der Waals surface area (Å²) in [6.45, 7) is 0.353. The van der Waals surface area contributed by atoms with Gasteiger partial charge >= 0.3 is 11.9 Å². The summed E-state index contributed by atoms with van der Waals surface area (Å²) in [7, 11) is 0. The summed E-state index contributed by atoms with van der Waals surface area (Å²) in [5.74, 6) is -1.76. The van der Waals surface area contributed by atoms with Gasteiger partial charge in [0, 0.05) is 12.8 Å². The van der Waals surface area contributed by atoms with Crippen molar-refractivity contribution < 1.29 is 33.7 Å². The second kappa shape index (κ2) is 16.8. The van der Waals surface area contributed by atoms with Gasteiger partial charge in [0.2, 0.25) is 5.91 Å². The zero-order valence-electron chi connectivity index (χ0n) is 22.3. The molecule has 0 bridgehead atoms. The van der Waals surface area contributed by atoms with Crippen LogP contribution in [-0.2, 0) is 48.4 Å². The number of amides is 1. The van der Waals surface area contributed by atoms with Crippen LogP contribution in [0.3, 0.4) is 0 Å². The van der Waals surface area contributed by atoms with E-state index in [-0.39, 0.29) is 45.5 Å². The van der Waals surface area contributed by atoms with E-state index in [1.165, 1.54) is 0 Å². The third-order valence-corrected chi connectivity index (χ3v) is 6.05. The van der Waals surface area contributed by atoms with Gasteiger partial charge < -0.3 is 30.4 Å². The van der Waals surface area contributed by atoms with Crippen LogP contribution in [0, 0.1) is 0 Å². The number of rotatable bonds is 16. The minimum Gasteiger partial charge on any atom is -0.461 e. The zero-order valence-corrected chi connectivity index (χ0v) is 22.3. The van der Waals surface area contributed by atoms with Crippen molar-refractivity contribution in [3.05, 3.63) is 108 Å². The molecule has 0 aliphatic carbocycles. The number of hydrogen-bond acceptors (Lipinski definition) is 8. The van der Waals surface area contributed by atoms with Crippen molar-refractivity contribution in [3.8, 4) is 0 Å². The van der Waals surface area contributed by atoms with Crippen LogP contribution in [0.4, 0.5) is 0 Å². The fraction of sp³-hybridized carbons (Fsp3) is 0.323. The molecule has 0 radical (unpaired) electrons. The summed E-state index contributed by atoms with van der Waals surface area (Å²) in [4.78, 5) is 37.8. The van der Waals surface area contributed by atoms with Gasteiger partial charge in [0.15, 0.2) is 6.29 Å². The molecule has 3 unspecified atom stereocenters. The molecule has 0 saturated carbocycles. The summed E-state index contributed by atoms with van der Waals surface area (Å²) in [6.07, 6.45) is -1.06. The molecule has 0 heterocycles. The van der Waals surface area contributed by atoms with Crippen molar-refractivity contribution in [3.63, 3.8) is 0 Å². The predicted molar refractivity (Wildman–Crippen MR) is 148 cm³/mol. The zero-order chi connectivity index (χ0) is 28.6. The molecule has 3 aromatic carbocycles. The normalized spacial score (nSPS) is 13.1. The number of carbonyl (C=O) groups is 3. The summed E-state index contributed by atoms with van der Waals surface area (Å²) >= 11 is 0. The molecule has 40 heavy (non-hydrogen) atoms. The second-order valence-electron chi connectivity index (χ2n) is 9.27. The number of ether oxygens (including phenoxy) is 3. The van der Waals surface area contributed by atoms with Gasteiger partial charge in [-0.1, -0.05) is 91.0 Å². The first kappa shape index (κ1) is 30.5. The van der Waals surface area contributed by atoms with Gasteiger partial charge in [-0.05, 0) is 29.5 Å². The van der Waals surface area contributed by atoms with E-state index in [9.17, 15) is 19.5 Å². The van der Waals surface area contributed by atoms with Crippen molar-refractivity contribution in [1.82, 2.24) is 5.32 Å². The maximum absolute atomic E-state index is 12.9. The lowest BCUT2D eigenvalue weighted by Crippen LogP contribution is -2.49. The van der Waals surface area contributed by atoms with Gasteiger partial charge in [0.1, 0.15) is 19.3 Å². The van der Waals surface area contributed by atoms with Crippen molar-refractivity contribution in [2.75, 3.05) is 0 Å². The number of esters is 2. The number of nitrogens with one attached hydrogen (secondary N) is 1. The molecule has 0 aliphatic rings. The minimum absolute atomic E-state index is 0.0262. The van der Waals surface area contributed by atoms with Crippen LogP contribution in [0.5, 0.6) is 0 Å². The number of nitrogens with two attached hydrogens (primary N) is 1. The Labute approximate surface area is 234 Å². The second-order valence-corrected chi connectivity index (χ2v) is 9.27. The van der Waals surface area contributed by atoms with Crippen molar-refractivity contribution in [2.24, 2.45) is 5.73 Å².